The molecule has 2 rings (SSSR count). The Morgan fingerprint density at radius 3 is 2.67 bits per heavy atom. The molecule has 0 aromatic carbocycles. The van der Waals surface area contributed by atoms with Crippen LogP contribution in [-0.2, 0) is 17.1 Å². The zero-order chi connectivity index (χ0) is 15.4. The number of hydrogen-bond donors (Lipinski definition) is 0. The van der Waals surface area contributed by atoms with Gasteiger partial charge in [0.25, 0.3) is 0 Å². The summed E-state index contributed by atoms with van der Waals surface area (Å²) in [6.45, 7) is 6.20. The van der Waals surface area contributed by atoms with Crippen LogP contribution in [0.15, 0.2) is 21.1 Å². The van der Waals surface area contributed by atoms with Gasteiger partial charge in [-0.2, -0.15) is 0 Å². The molecular formula is C15H20N2O3S. The molecule has 0 bridgehead atoms. The number of carbonyl (C=O) groups is 1. The molecule has 2 aromatic heterocycles. The molecule has 2 aromatic rings. The van der Waals surface area contributed by atoms with Crippen molar-refractivity contribution in [3.05, 3.63) is 40.7 Å². The monoisotopic (exact) mass is 308 g/mol. The lowest BCUT2D eigenvalue weighted by molar-refractivity contribution is -0.127. The summed E-state index contributed by atoms with van der Waals surface area (Å²) in [6.07, 6.45) is 0. The molecular weight excluding hydrogens is 288 g/mol. The maximum atomic E-state index is 12.1. The first kappa shape index (κ1) is 15.7. The van der Waals surface area contributed by atoms with Gasteiger partial charge in [0.05, 0.1) is 18.0 Å². The minimum atomic E-state index is 0.0841. The summed E-state index contributed by atoms with van der Waals surface area (Å²) in [5.41, 5.74) is 1.98. The normalized spacial score (nSPS) is 10.9. The van der Waals surface area contributed by atoms with Crippen molar-refractivity contribution in [2.45, 2.75) is 33.1 Å². The predicted molar refractivity (Wildman–Crippen MR) is 82.1 cm³/mol. The molecule has 0 fully saturated rings. The molecule has 5 nitrogen and oxygen atoms in total. The molecule has 0 aliphatic carbocycles. The summed E-state index contributed by atoms with van der Waals surface area (Å²) in [5, 5.41) is 3.91. The molecule has 21 heavy (non-hydrogen) atoms. The van der Waals surface area contributed by atoms with Gasteiger partial charge in [0.2, 0.25) is 5.91 Å². The zero-order valence-electron chi connectivity index (χ0n) is 12.8. The minimum absolute atomic E-state index is 0.0841. The number of rotatable bonds is 6. The topological polar surface area (TPSA) is 59.5 Å². The average Bonchev–Trinajstić information content (AvgIpc) is 2.98. The highest BCUT2D eigenvalue weighted by molar-refractivity contribution is 7.99. The van der Waals surface area contributed by atoms with E-state index in [1.54, 1.807) is 23.7 Å². The van der Waals surface area contributed by atoms with Gasteiger partial charge in [-0.15, -0.1) is 11.8 Å². The molecule has 114 valence electrons. The number of thioether (sulfide) groups is 1. The second-order valence-electron chi connectivity index (χ2n) is 5.06. The molecule has 0 unspecified atom stereocenters. The first-order valence-electron chi connectivity index (χ1n) is 6.76. The van der Waals surface area contributed by atoms with Gasteiger partial charge < -0.3 is 13.8 Å². The van der Waals surface area contributed by atoms with Crippen LogP contribution >= 0.6 is 11.8 Å². The predicted octanol–water partition coefficient (Wildman–Crippen LogP) is 3.08. The van der Waals surface area contributed by atoms with Gasteiger partial charge in [-0.25, -0.2) is 0 Å². The van der Waals surface area contributed by atoms with E-state index in [-0.39, 0.29) is 5.91 Å². The molecule has 0 radical (unpaired) electrons. The molecule has 1 amide bonds. The van der Waals surface area contributed by atoms with E-state index in [1.807, 2.05) is 32.9 Å². The Morgan fingerprint density at radius 2 is 2.10 bits per heavy atom. The minimum Gasteiger partial charge on any atom is -0.464 e. The Morgan fingerprint density at radius 1 is 1.33 bits per heavy atom. The number of carbonyl (C=O) groups excluding carboxylic acids is 1. The van der Waals surface area contributed by atoms with Crippen LogP contribution in [0.4, 0.5) is 0 Å². The Bertz CT molecular complexity index is 599. The number of amides is 1. The Balaban J connectivity index is 1.79. The number of hydrogen-bond acceptors (Lipinski definition) is 5. The second-order valence-corrected chi connectivity index (χ2v) is 6.04. The van der Waals surface area contributed by atoms with E-state index >= 15 is 0 Å². The van der Waals surface area contributed by atoms with Crippen LogP contribution in [0, 0.1) is 20.8 Å². The lowest BCUT2D eigenvalue weighted by Crippen LogP contribution is -2.27. The fraction of sp³-hybridized carbons (Fsp3) is 0.467. The maximum Gasteiger partial charge on any atom is 0.232 e. The molecule has 0 atom stereocenters. The van der Waals surface area contributed by atoms with Crippen LogP contribution < -0.4 is 0 Å². The van der Waals surface area contributed by atoms with Crippen molar-refractivity contribution < 1.29 is 13.7 Å². The number of aromatic nitrogens is 1. The average molecular weight is 308 g/mol. The van der Waals surface area contributed by atoms with Crippen molar-refractivity contribution in [1.29, 1.82) is 0 Å². The van der Waals surface area contributed by atoms with Gasteiger partial charge in [0.1, 0.15) is 17.3 Å². The zero-order valence-corrected chi connectivity index (χ0v) is 13.6. The van der Waals surface area contributed by atoms with Crippen molar-refractivity contribution in [3.63, 3.8) is 0 Å². The standard InChI is InChI=1S/C15H20N2O3S/c1-10-5-6-13(19-10)7-17(4)15(18)9-21-8-14-11(2)16-20-12(14)3/h5-6H,7-9H2,1-4H3. The van der Waals surface area contributed by atoms with Crippen LogP contribution in [0.5, 0.6) is 0 Å². The lowest BCUT2D eigenvalue weighted by atomic mass is 10.2. The number of aryl methyl sites for hydroxylation is 3. The summed E-state index contributed by atoms with van der Waals surface area (Å²) < 4.78 is 10.6. The van der Waals surface area contributed by atoms with E-state index in [0.29, 0.717) is 12.3 Å². The van der Waals surface area contributed by atoms with Crippen molar-refractivity contribution in [1.82, 2.24) is 10.1 Å². The van der Waals surface area contributed by atoms with Crippen LogP contribution in [0.1, 0.15) is 28.5 Å². The first-order chi connectivity index (χ1) is 9.97. The summed E-state index contributed by atoms with van der Waals surface area (Å²) in [6, 6.07) is 3.80. The molecule has 2 heterocycles. The molecule has 0 N–H and O–H groups in total. The largest absolute Gasteiger partial charge is 0.464 e. The third-order valence-electron chi connectivity index (χ3n) is 3.27. The van der Waals surface area contributed by atoms with Crippen LogP contribution in [0.2, 0.25) is 0 Å². The highest BCUT2D eigenvalue weighted by atomic mass is 32.2. The van der Waals surface area contributed by atoms with E-state index in [2.05, 4.69) is 5.16 Å². The van der Waals surface area contributed by atoms with Crippen LogP contribution in [0.3, 0.4) is 0 Å². The van der Waals surface area contributed by atoms with E-state index < -0.39 is 0 Å². The quantitative estimate of drug-likeness (QED) is 0.820. The third kappa shape index (κ3) is 4.14. The van der Waals surface area contributed by atoms with Crippen LogP contribution in [0.25, 0.3) is 0 Å². The van der Waals surface area contributed by atoms with Crippen molar-refractivity contribution in [3.8, 4) is 0 Å². The molecule has 0 aliphatic heterocycles. The van der Waals surface area contributed by atoms with Gasteiger partial charge in [-0.1, -0.05) is 5.16 Å². The van der Waals surface area contributed by atoms with Crippen molar-refractivity contribution in [2.24, 2.45) is 0 Å². The van der Waals surface area contributed by atoms with E-state index in [4.69, 9.17) is 8.94 Å². The van der Waals surface area contributed by atoms with Crippen molar-refractivity contribution >= 4 is 17.7 Å². The summed E-state index contributed by atoms with van der Waals surface area (Å²) in [4.78, 5) is 13.8. The van der Waals surface area contributed by atoms with E-state index in [0.717, 1.165) is 34.3 Å². The van der Waals surface area contributed by atoms with Crippen molar-refractivity contribution in [2.75, 3.05) is 12.8 Å². The fourth-order valence-corrected chi connectivity index (χ4v) is 3.06. The smallest absolute Gasteiger partial charge is 0.232 e. The van der Waals surface area contributed by atoms with Gasteiger partial charge in [0, 0.05) is 18.4 Å². The third-order valence-corrected chi connectivity index (χ3v) is 4.21. The molecule has 6 heteroatoms. The Kier molecular flexibility index (Phi) is 5.12. The number of furan rings is 1. The molecule has 0 saturated carbocycles. The van der Waals surface area contributed by atoms with E-state index in [1.165, 1.54) is 0 Å². The maximum absolute atomic E-state index is 12.1. The highest BCUT2D eigenvalue weighted by Gasteiger charge is 2.13. The SMILES string of the molecule is Cc1ccc(CN(C)C(=O)CSCc2c(C)noc2C)o1. The number of nitrogens with zero attached hydrogens (tertiary/aromatic N) is 2. The highest BCUT2D eigenvalue weighted by Crippen LogP contribution is 2.20. The molecule has 0 saturated heterocycles. The Hall–Kier alpha value is -1.69. The molecule has 0 aliphatic rings. The second kappa shape index (κ2) is 6.85. The van der Waals surface area contributed by atoms with Crippen LogP contribution in [-0.4, -0.2) is 28.8 Å². The lowest BCUT2D eigenvalue weighted by Gasteiger charge is -2.15. The first-order valence-corrected chi connectivity index (χ1v) is 7.91. The van der Waals surface area contributed by atoms with Gasteiger partial charge in [0.15, 0.2) is 0 Å². The summed E-state index contributed by atoms with van der Waals surface area (Å²) in [5.74, 6) is 3.74. The summed E-state index contributed by atoms with van der Waals surface area (Å²) in [7, 11) is 1.79. The van der Waals surface area contributed by atoms with Gasteiger partial charge in [-0.3, -0.25) is 4.79 Å². The van der Waals surface area contributed by atoms with Gasteiger partial charge >= 0.3 is 0 Å². The fourth-order valence-electron chi connectivity index (χ4n) is 1.95. The Labute approximate surface area is 128 Å². The van der Waals surface area contributed by atoms with E-state index in [9.17, 15) is 4.79 Å². The molecule has 0 spiro atoms. The van der Waals surface area contributed by atoms with Gasteiger partial charge in [-0.05, 0) is 32.9 Å². The summed E-state index contributed by atoms with van der Waals surface area (Å²) >= 11 is 1.57.